The summed E-state index contributed by atoms with van der Waals surface area (Å²) in [6.07, 6.45) is 0. The van der Waals surface area contributed by atoms with Crippen molar-refractivity contribution in [3.05, 3.63) is 60.2 Å². The van der Waals surface area contributed by atoms with E-state index in [1.165, 1.54) is 0 Å². The van der Waals surface area contributed by atoms with Crippen molar-refractivity contribution in [1.82, 2.24) is 10.6 Å². The van der Waals surface area contributed by atoms with Gasteiger partial charge in [0, 0.05) is 20.1 Å². The van der Waals surface area contributed by atoms with Crippen molar-refractivity contribution in [3.8, 4) is 5.75 Å². The van der Waals surface area contributed by atoms with Crippen LogP contribution < -0.4 is 15.4 Å². The van der Waals surface area contributed by atoms with E-state index in [-0.39, 0.29) is 12.3 Å². The number of hydrogen-bond donors (Lipinski definition) is 2. The predicted molar refractivity (Wildman–Crippen MR) is 99.7 cm³/mol. The standard InChI is InChI=1S/C18H23N3O3S/c1-19-18(21-14-15-8-10-16(24-2)11-9-15)20-12-13-25(22,23)17-6-4-3-5-7-17/h3-11H,12-14H2,1-2H3,(H2,19,20,21). The molecule has 2 N–H and O–H groups in total. The Labute approximate surface area is 148 Å². The fraction of sp³-hybridized carbons (Fsp3) is 0.278. The molecule has 2 rings (SSSR count). The Balaban J connectivity index is 1.82. The van der Waals surface area contributed by atoms with Crippen molar-refractivity contribution < 1.29 is 13.2 Å². The number of rotatable bonds is 7. The minimum absolute atomic E-state index is 0.000247. The first-order valence-corrected chi connectivity index (χ1v) is 9.55. The summed E-state index contributed by atoms with van der Waals surface area (Å²) in [6.45, 7) is 0.856. The highest BCUT2D eigenvalue weighted by molar-refractivity contribution is 7.91. The first-order valence-electron chi connectivity index (χ1n) is 7.90. The lowest BCUT2D eigenvalue weighted by molar-refractivity contribution is 0.414. The number of guanidine groups is 1. The first kappa shape index (κ1) is 18.8. The lowest BCUT2D eigenvalue weighted by atomic mass is 10.2. The summed E-state index contributed by atoms with van der Waals surface area (Å²) in [6, 6.07) is 16.1. The molecule has 0 heterocycles. The maximum atomic E-state index is 12.2. The number of nitrogens with zero attached hydrogens (tertiary/aromatic N) is 1. The summed E-state index contributed by atoms with van der Waals surface area (Å²) in [4.78, 5) is 4.44. The van der Waals surface area contributed by atoms with Crippen molar-refractivity contribution in [2.45, 2.75) is 11.4 Å². The molecular weight excluding hydrogens is 338 g/mol. The van der Waals surface area contributed by atoms with E-state index in [0.717, 1.165) is 11.3 Å². The molecular formula is C18H23N3O3S. The molecule has 2 aromatic carbocycles. The quantitative estimate of drug-likeness (QED) is 0.581. The van der Waals surface area contributed by atoms with Crippen LogP contribution in [0, 0.1) is 0 Å². The van der Waals surface area contributed by atoms with Crippen LogP contribution in [-0.2, 0) is 16.4 Å². The van der Waals surface area contributed by atoms with Crippen LogP contribution in [0.4, 0.5) is 0 Å². The summed E-state index contributed by atoms with van der Waals surface area (Å²) in [5.41, 5.74) is 1.07. The molecule has 0 aliphatic heterocycles. The van der Waals surface area contributed by atoms with E-state index in [1.807, 2.05) is 24.3 Å². The number of benzene rings is 2. The maximum absolute atomic E-state index is 12.2. The molecule has 2 aromatic rings. The van der Waals surface area contributed by atoms with Crippen LogP contribution in [-0.4, -0.2) is 40.8 Å². The van der Waals surface area contributed by atoms with Crippen LogP contribution in [0.25, 0.3) is 0 Å². The second kappa shape index (κ2) is 9.08. The van der Waals surface area contributed by atoms with Gasteiger partial charge in [0.15, 0.2) is 15.8 Å². The van der Waals surface area contributed by atoms with Gasteiger partial charge in [-0.05, 0) is 29.8 Å². The highest BCUT2D eigenvalue weighted by Gasteiger charge is 2.13. The van der Waals surface area contributed by atoms with Crippen molar-refractivity contribution in [2.75, 3.05) is 26.5 Å². The SMILES string of the molecule is CN=C(NCCS(=O)(=O)c1ccccc1)NCc1ccc(OC)cc1. The molecule has 0 saturated carbocycles. The molecule has 25 heavy (non-hydrogen) atoms. The van der Waals surface area contributed by atoms with Crippen LogP contribution in [0.5, 0.6) is 5.75 Å². The zero-order valence-corrected chi connectivity index (χ0v) is 15.2. The van der Waals surface area contributed by atoms with Crippen LogP contribution in [0.3, 0.4) is 0 Å². The van der Waals surface area contributed by atoms with Crippen LogP contribution >= 0.6 is 0 Å². The Morgan fingerprint density at radius 2 is 1.72 bits per heavy atom. The van der Waals surface area contributed by atoms with Crippen LogP contribution in [0.15, 0.2) is 64.5 Å². The molecule has 0 amide bonds. The summed E-state index contributed by atoms with van der Waals surface area (Å²) in [7, 11) is -0.0228. The minimum atomic E-state index is -3.30. The Kier molecular flexibility index (Phi) is 6.82. The van der Waals surface area contributed by atoms with Gasteiger partial charge in [0.05, 0.1) is 17.8 Å². The summed E-state index contributed by atoms with van der Waals surface area (Å²) in [5.74, 6) is 1.36. The van der Waals surface area contributed by atoms with E-state index in [1.54, 1.807) is 44.5 Å². The van der Waals surface area contributed by atoms with Gasteiger partial charge in [-0.2, -0.15) is 0 Å². The fourth-order valence-electron chi connectivity index (χ4n) is 2.20. The normalized spacial score (nSPS) is 11.8. The number of methoxy groups -OCH3 is 1. The van der Waals surface area contributed by atoms with Crippen molar-refractivity contribution in [2.24, 2.45) is 4.99 Å². The third kappa shape index (κ3) is 5.79. The summed E-state index contributed by atoms with van der Waals surface area (Å²) in [5, 5.41) is 6.18. The highest BCUT2D eigenvalue weighted by atomic mass is 32.2. The average molecular weight is 361 g/mol. The topological polar surface area (TPSA) is 79.8 Å². The van der Waals surface area contributed by atoms with E-state index >= 15 is 0 Å². The molecule has 0 saturated heterocycles. The monoisotopic (exact) mass is 361 g/mol. The van der Waals surface area contributed by atoms with Crippen molar-refractivity contribution >= 4 is 15.8 Å². The number of sulfone groups is 1. The molecule has 0 aliphatic rings. The second-order valence-corrected chi connectivity index (χ2v) is 7.44. The van der Waals surface area contributed by atoms with E-state index in [2.05, 4.69) is 15.6 Å². The van der Waals surface area contributed by atoms with E-state index in [4.69, 9.17) is 4.74 Å². The molecule has 0 radical (unpaired) electrons. The second-order valence-electron chi connectivity index (χ2n) is 5.33. The number of aliphatic imine (C=N–C) groups is 1. The van der Waals surface area contributed by atoms with Gasteiger partial charge in [0.2, 0.25) is 0 Å². The lowest BCUT2D eigenvalue weighted by Crippen LogP contribution is -2.39. The maximum Gasteiger partial charge on any atom is 0.191 e. The van der Waals surface area contributed by atoms with Crippen molar-refractivity contribution in [1.29, 1.82) is 0 Å². The zero-order chi connectivity index (χ0) is 18.1. The molecule has 6 nitrogen and oxygen atoms in total. The summed E-state index contributed by atoms with van der Waals surface area (Å²) >= 11 is 0. The predicted octanol–water partition coefficient (Wildman–Crippen LogP) is 1.83. The van der Waals surface area contributed by atoms with Crippen LogP contribution in [0.1, 0.15) is 5.56 Å². The summed E-state index contributed by atoms with van der Waals surface area (Å²) < 4.78 is 29.6. The molecule has 0 aliphatic carbocycles. The molecule has 134 valence electrons. The van der Waals surface area contributed by atoms with E-state index in [9.17, 15) is 8.42 Å². The van der Waals surface area contributed by atoms with Gasteiger partial charge >= 0.3 is 0 Å². The Morgan fingerprint density at radius 3 is 2.32 bits per heavy atom. The van der Waals surface area contributed by atoms with Gasteiger partial charge in [-0.3, -0.25) is 4.99 Å². The van der Waals surface area contributed by atoms with E-state index in [0.29, 0.717) is 17.4 Å². The Morgan fingerprint density at radius 1 is 1.04 bits per heavy atom. The smallest absolute Gasteiger partial charge is 0.191 e. The van der Waals surface area contributed by atoms with Gasteiger partial charge in [-0.15, -0.1) is 0 Å². The Bertz CT molecular complexity index is 788. The van der Waals surface area contributed by atoms with E-state index < -0.39 is 9.84 Å². The molecule has 0 fully saturated rings. The molecule has 0 unspecified atom stereocenters. The lowest BCUT2D eigenvalue weighted by Gasteiger charge is -2.12. The minimum Gasteiger partial charge on any atom is -0.497 e. The molecule has 0 spiro atoms. The highest BCUT2D eigenvalue weighted by Crippen LogP contribution is 2.11. The first-order chi connectivity index (χ1) is 12.0. The molecule has 0 bridgehead atoms. The molecule has 7 heteroatoms. The van der Waals surface area contributed by atoms with Gasteiger partial charge in [-0.25, -0.2) is 8.42 Å². The molecule has 0 aromatic heterocycles. The average Bonchev–Trinajstić information content (AvgIpc) is 2.65. The number of ether oxygens (including phenoxy) is 1. The van der Waals surface area contributed by atoms with Gasteiger partial charge in [0.25, 0.3) is 0 Å². The largest absolute Gasteiger partial charge is 0.497 e. The van der Waals surface area contributed by atoms with Gasteiger partial charge < -0.3 is 15.4 Å². The van der Waals surface area contributed by atoms with Gasteiger partial charge in [0.1, 0.15) is 5.75 Å². The number of nitrogens with one attached hydrogen (secondary N) is 2. The molecule has 0 atom stereocenters. The third-order valence-corrected chi connectivity index (χ3v) is 5.34. The third-order valence-electron chi connectivity index (χ3n) is 3.61. The van der Waals surface area contributed by atoms with Crippen molar-refractivity contribution in [3.63, 3.8) is 0 Å². The Hall–Kier alpha value is -2.54. The van der Waals surface area contributed by atoms with Crippen LogP contribution in [0.2, 0.25) is 0 Å². The van der Waals surface area contributed by atoms with Gasteiger partial charge in [-0.1, -0.05) is 30.3 Å². The number of hydrogen-bond acceptors (Lipinski definition) is 4. The fourth-order valence-corrected chi connectivity index (χ4v) is 3.38. The zero-order valence-electron chi connectivity index (χ0n) is 14.4.